The zero-order valence-electron chi connectivity index (χ0n) is 6.06. The highest BCUT2D eigenvalue weighted by Crippen LogP contribution is 2.32. The van der Waals surface area contributed by atoms with E-state index in [-0.39, 0.29) is 6.54 Å². The molecule has 0 radical (unpaired) electrons. The highest BCUT2D eigenvalue weighted by atomic mass is 35.5. The molecule has 0 N–H and O–H groups in total. The van der Waals surface area contributed by atoms with E-state index in [4.69, 9.17) is 11.6 Å². The van der Waals surface area contributed by atoms with Crippen LogP contribution in [0.2, 0.25) is 5.15 Å². The largest absolute Gasteiger partial charge is 0.438 e. The van der Waals surface area contributed by atoms with Crippen LogP contribution in [0.25, 0.3) is 0 Å². The van der Waals surface area contributed by atoms with Gasteiger partial charge in [-0.15, -0.1) is 5.10 Å². The van der Waals surface area contributed by atoms with Crippen LogP contribution in [0.4, 0.5) is 13.2 Å². The van der Waals surface area contributed by atoms with Gasteiger partial charge in [-0.1, -0.05) is 16.8 Å². The Hall–Kier alpha value is -0.780. The third-order valence-corrected chi connectivity index (χ3v) is 1.62. The van der Waals surface area contributed by atoms with Crippen molar-refractivity contribution in [1.82, 2.24) is 15.0 Å². The van der Waals surface area contributed by atoms with Crippen LogP contribution in [0.3, 0.4) is 0 Å². The number of rotatable bonds is 1. The SMILES string of the molecule is CCn1nnc(C(F)(F)F)c1Cl. The molecule has 0 unspecified atom stereocenters. The van der Waals surface area contributed by atoms with E-state index in [0.29, 0.717) is 0 Å². The third-order valence-electron chi connectivity index (χ3n) is 1.24. The van der Waals surface area contributed by atoms with Crippen molar-refractivity contribution in [2.45, 2.75) is 19.6 Å². The van der Waals surface area contributed by atoms with Gasteiger partial charge in [0.25, 0.3) is 0 Å². The lowest BCUT2D eigenvalue weighted by molar-refractivity contribution is -0.141. The van der Waals surface area contributed by atoms with Gasteiger partial charge in [-0.2, -0.15) is 13.2 Å². The maximum Gasteiger partial charge on any atom is 0.438 e. The van der Waals surface area contributed by atoms with E-state index in [2.05, 4.69) is 10.3 Å². The molecule has 12 heavy (non-hydrogen) atoms. The van der Waals surface area contributed by atoms with Crippen LogP contribution < -0.4 is 0 Å². The van der Waals surface area contributed by atoms with Gasteiger partial charge in [-0.3, -0.25) is 0 Å². The number of halogens is 4. The minimum atomic E-state index is -4.52. The van der Waals surface area contributed by atoms with Crippen molar-refractivity contribution in [3.63, 3.8) is 0 Å². The molecular formula is C5H5ClF3N3. The molecule has 0 spiro atoms. The summed E-state index contributed by atoms with van der Waals surface area (Å²) in [5.41, 5.74) is -1.13. The summed E-state index contributed by atoms with van der Waals surface area (Å²) in [5.74, 6) is 0. The van der Waals surface area contributed by atoms with Crippen molar-refractivity contribution in [2.75, 3.05) is 0 Å². The second-order valence-corrected chi connectivity index (χ2v) is 2.40. The Kier molecular flexibility index (Phi) is 2.27. The Morgan fingerprint density at radius 3 is 2.33 bits per heavy atom. The van der Waals surface area contributed by atoms with E-state index < -0.39 is 17.0 Å². The number of aryl methyl sites for hydroxylation is 1. The van der Waals surface area contributed by atoms with Crippen molar-refractivity contribution < 1.29 is 13.2 Å². The molecule has 0 atom stereocenters. The van der Waals surface area contributed by atoms with Crippen molar-refractivity contribution in [1.29, 1.82) is 0 Å². The summed E-state index contributed by atoms with van der Waals surface area (Å²) < 4.78 is 37.0. The lowest BCUT2D eigenvalue weighted by Crippen LogP contribution is -2.06. The first-order valence-corrected chi connectivity index (χ1v) is 3.50. The molecule has 0 aliphatic carbocycles. The van der Waals surface area contributed by atoms with Crippen molar-refractivity contribution in [3.8, 4) is 0 Å². The highest BCUT2D eigenvalue weighted by molar-refractivity contribution is 6.30. The van der Waals surface area contributed by atoms with Gasteiger partial charge in [-0.25, -0.2) is 4.68 Å². The van der Waals surface area contributed by atoms with E-state index in [1.54, 1.807) is 6.92 Å². The Bertz CT molecular complexity index is 280. The number of hydrogen-bond donors (Lipinski definition) is 0. The standard InChI is InChI=1S/C5H5ClF3N3/c1-2-12-4(6)3(10-11-12)5(7,8)9/h2H2,1H3. The maximum atomic E-state index is 12.0. The highest BCUT2D eigenvalue weighted by Gasteiger charge is 2.37. The Morgan fingerprint density at radius 2 is 2.08 bits per heavy atom. The quantitative estimate of drug-likeness (QED) is 0.692. The van der Waals surface area contributed by atoms with Gasteiger partial charge in [0.15, 0.2) is 5.15 Å². The summed E-state index contributed by atoms with van der Waals surface area (Å²) in [6, 6.07) is 0. The van der Waals surface area contributed by atoms with Gasteiger partial charge in [0.05, 0.1) is 0 Å². The molecular weight excluding hydrogens is 195 g/mol. The molecule has 0 saturated carbocycles. The predicted octanol–water partition coefficient (Wildman–Crippen LogP) is 1.97. The minimum absolute atomic E-state index is 0.266. The number of aromatic nitrogens is 3. The molecule has 3 nitrogen and oxygen atoms in total. The molecule has 7 heteroatoms. The molecule has 0 fully saturated rings. The molecule has 0 amide bonds. The first kappa shape index (κ1) is 9.31. The zero-order valence-corrected chi connectivity index (χ0v) is 6.82. The van der Waals surface area contributed by atoms with E-state index in [9.17, 15) is 13.2 Å². The topological polar surface area (TPSA) is 30.7 Å². The molecule has 68 valence electrons. The zero-order chi connectivity index (χ0) is 9.35. The number of alkyl halides is 3. The van der Waals surface area contributed by atoms with Crippen LogP contribution in [-0.2, 0) is 12.7 Å². The molecule has 0 aliphatic heterocycles. The van der Waals surface area contributed by atoms with Crippen LogP contribution >= 0.6 is 11.6 Å². The van der Waals surface area contributed by atoms with E-state index in [1.165, 1.54) is 0 Å². The van der Waals surface area contributed by atoms with E-state index >= 15 is 0 Å². The van der Waals surface area contributed by atoms with Crippen LogP contribution in [0.5, 0.6) is 0 Å². The van der Waals surface area contributed by atoms with Crippen molar-refractivity contribution in [2.24, 2.45) is 0 Å². The molecule has 1 aromatic rings. The van der Waals surface area contributed by atoms with Crippen molar-refractivity contribution >= 4 is 11.6 Å². The lowest BCUT2D eigenvalue weighted by atomic mass is 10.5. The monoisotopic (exact) mass is 199 g/mol. The first-order valence-electron chi connectivity index (χ1n) is 3.13. The summed E-state index contributed by atoms with van der Waals surface area (Å²) in [4.78, 5) is 0. The van der Waals surface area contributed by atoms with Gasteiger partial charge in [0.2, 0.25) is 5.69 Å². The smallest absolute Gasteiger partial charge is 0.233 e. The van der Waals surface area contributed by atoms with E-state index in [1.807, 2.05) is 0 Å². The Balaban J connectivity index is 3.11. The Labute approximate surface area is 71.1 Å². The van der Waals surface area contributed by atoms with Gasteiger partial charge < -0.3 is 0 Å². The van der Waals surface area contributed by atoms with Crippen LogP contribution in [0.1, 0.15) is 12.6 Å². The second-order valence-electron chi connectivity index (χ2n) is 2.04. The summed E-state index contributed by atoms with van der Waals surface area (Å²) in [5, 5.41) is 5.66. The average Bonchev–Trinajstić information content (AvgIpc) is 2.29. The summed E-state index contributed by atoms with van der Waals surface area (Å²) >= 11 is 5.33. The normalized spacial score (nSPS) is 12.1. The van der Waals surface area contributed by atoms with Crippen LogP contribution in [-0.4, -0.2) is 15.0 Å². The Morgan fingerprint density at radius 1 is 1.50 bits per heavy atom. The molecule has 0 bridgehead atoms. The number of nitrogens with zero attached hydrogens (tertiary/aromatic N) is 3. The molecule has 1 rings (SSSR count). The van der Waals surface area contributed by atoms with Crippen molar-refractivity contribution in [3.05, 3.63) is 10.8 Å². The summed E-state index contributed by atoms with van der Waals surface area (Å²) in [6.45, 7) is 1.89. The lowest BCUT2D eigenvalue weighted by Gasteiger charge is -2.01. The van der Waals surface area contributed by atoms with Crippen LogP contribution in [0, 0.1) is 0 Å². The maximum absolute atomic E-state index is 12.0. The fourth-order valence-electron chi connectivity index (χ4n) is 0.677. The molecule has 0 aliphatic rings. The number of hydrogen-bond acceptors (Lipinski definition) is 2. The molecule has 0 saturated heterocycles. The van der Waals surface area contributed by atoms with E-state index in [0.717, 1.165) is 4.68 Å². The predicted molar refractivity (Wildman–Crippen MR) is 35.7 cm³/mol. The average molecular weight is 200 g/mol. The minimum Gasteiger partial charge on any atom is -0.233 e. The summed E-state index contributed by atoms with van der Waals surface area (Å²) in [6.07, 6.45) is -4.52. The van der Waals surface area contributed by atoms with Gasteiger partial charge in [-0.05, 0) is 6.92 Å². The second kappa shape index (κ2) is 2.93. The molecule has 0 aromatic carbocycles. The van der Waals surface area contributed by atoms with Gasteiger partial charge in [0.1, 0.15) is 0 Å². The fraction of sp³-hybridized carbons (Fsp3) is 0.600. The molecule has 1 aromatic heterocycles. The van der Waals surface area contributed by atoms with Gasteiger partial charge in [0, 0.05) is 6.54 Å². The van der Waals surface area contributed by atoms with Crippen LogP contribution in [0.15, 0.2) is 0 Å². The van der Waals surface area contributed by atoms with Gasteiger partial charge >= 0.3 is 6.18 Å². The third kappa shape index (κ3) is 1.52. The summed E-state index contributed by atoms with van der Waals surface area (Å²) in [7, 11) is 0. The molecule has 1 heterocycles. The first-order chi connectivity index (χ1) is 5.46. The fourth-order valence-corrected chi connectivity index (χ4v) is 0.975.